The summed E-state index contributed by atoms with van der Waals surface area (Å²) in [6.45, 7) is 4.51. The monoisotopic (exact) mass is 496 g/mol. The number of hydrogen-bond donors (Lipinski definition) is 0. The summed E-state index contributed by atoms with van der Waals surface area (Å²) in [5, 5.41) is 3.03. The molecule has 1 atom stereocenters. The lowest BCUT2D eigenvalue weighted by atomic mass is 9.76. The van der Waals surface area contributed by atoms with Crippen molar-refractivity contribution in [2.45, 2.75) is 37.9 Å². The van der Waals surface area contributed by atoms with Crippen LogP contribution in [-0.4, -0.2) is 19.2 Å². The van der Waals surface area contributed by atoms with Crippen molar-refractivity contribution in [2.24, 2.45) is 5.18 Å². The van der Waals surface area contributed by atoms with Gasteiger partial charge < -0.3 is 19.1 Å². The highest BCUT2D eigenvalue weighted by atomic mass is 19.4. The first-order valence-corrected chi connectivity index (χ1v) is 11.2. The van der Waals surface area contributed by atoms with Crippen LogP contribution >= 0.6 is 0 Å². The van der Waals surface area contributed by atoms with E-state index in [-0.39, 0.29) is 11.4 Å². The summed E-state index contributed by atoms with van der Waals surface area (Å²) in [6.07, 6.45) is -0.919. The van der Waals surface area contributed by atoms with Crippen molar-refractivity contribution in [1.82, 2.24) is 0 Å². The second kappa shape index (κ2) is 8.29. The van der Waals surface area contributed by atoms with Crippen LogP contribution in [-0.2, 0) is 12.0 Å². The van der Waals surface area contributed by atoms with E-state index >= 15 is 0 Å². The molecule has 0 bridgehead atoms. The number of alkyl halides is 3. The third-order valence-corrected chi connectivity index (χ3v) is 6.80. The fourth-order valence-corrected chi connectivity index (χ4v) is 5.05. The molecule has 6 nitrogen and oxygen atoms in total. The molecule has 0 N–H and O–H groups in total. The van der Waals surface area contributed by atoms with E-state index in [0.717, 1.165) is 16.8 Å². The molecular weight excluding hydrogens is 473 g/mol. The van der Waals surface area contributed by atoms with Gasteiger partial charge in [0.1, 0.15) is 11.4 Å². The third kappa shape index (κ3) is 3.75. The lowest BCUT2D eigenvalue weighted by Crippen LogP contribution is -2.59. The highest BCUT2D eigenvalue weighted by molar-refractivity contribution is 5.75. The zero-order valence-electron chi connectivity index (χ0n) is 19.8. The average Bonchev–Trinajstić information content (AvgIpc) is 3.02. The molecule has 2 aliphatic rings. The van der Waals surface area contributed by atoms with Gasteiger partial charge >= 0.3 is 6.36 Å². The lowest BCUT2D eigenvalue weighted by Gasteiger charge is -2.47. The predicted molar refractivity (Wildman–Crippen MR) is 130 cm³/mol. The van der Waals surface area contributed by atoms with Gasteiger partial charge in [-0.05, 0) is 66.6 Å². The van der Waals surface area contributed by atoms with E-state index in [1.165, 1.54) is 25.3 Å². The number of nitrogens with zero attached hydrogens (tertiary/aromatic N) is 2. The quantitative estimate of drug-likeness (QED) is 0.353. The number of nitroso groups, excluding NO2 is 1. The molecule has 2 aliphatic heterocycles. The van der Waals surface area contributed by atoms with Gasteiger partial charge in [0, 0.05) is 23.9 Å². The number of ether oxygens (including phenoxy) is 3. The Kier molecular flexibility index (Phi) is 5.46. The molecule has 2 heterocycles. The van der Waals surface area contributed by atoms with Crippen molar-refractivity contribution in [1.29, 1.82) is 0 Å². The van der Waals surface area contributed by atoms with Crippen LogP contribution < -0.4 is 19.1 Å². The summed E-state index contributed by atoms with van der Waals surface area (Å²) in [6, 6.07) is 16.9. The molecule has 9 heteroatoms. The molecule has 0 fully saturated rings. The summed E-state index contributed by atoms with van der Waals surface area (Å²) in [7, 11) is 1.50. The van der Waals surface area contributed by atoms with Gasteiger partial charge in [-0.25, -0.2) is 0 Å². The van der Waals surface area contributed by atoms with Crippen molar-refractivity contribution in [3.63, 3.8) is 0 Å². The van der Waals surface area contributed by atoms with Gasteiger partial charge in [0.25, 0.3) is 0 Å². The van der Waals surface area contributed by atoms with E-state index in [2.05, 4.69) is 28.7 Å². The third-order valence-electron chi connectivity index (χ3n) is 6.80. The predicted octanol–water partition coefficient (Wildman–Crippen LogP) is 7.09. The van der Waals surface area contributed by atoms with E-state index in [9.17, 15) is 18.1 Å². The maximum atomic E-state index is 12.6. The lowest BCUT2D eigenvalue weighted by molar-refractivity contribution is -0.274. The van der Waals surface area contributed by atoms with Gasteiger partial charge in [0.2, 0.25) is 5.72 Å². The van der Waals surface area contributed by atoms with Gasteiger partial charge in [-0.2, -0.15) is 0 Å². The second-order valence-electron chi connectivity index (χ2n) is 9.21. The molecule has 1 spiro atoms. The summed E-state index contributed by atoms with van der Waals surface area (Å²) >= 11 is 0. The van der Waals surface area contributed by atoms with E-state index in [1.807, 2.05) is 36.4 Å². The highest BCUT2D eigenvalue weighted by Gasteiger charge is 2.59. The Balaban J connectivity index is 1.59. The minimum absolute atomic E-state index is 0.224. The first-order chi connectivity index (χ1) is 17.1. The number of benzene rings is 3. The summed E-state index contributed by atoms with van der Waals surface area (Å²) in [5.41, 5.74) is 2.12. The topological polar surface area (TPSA) is 60.4 Å². The van der Waals surface area contributed by atoms with E-state index in [1.54, 1.807) is 18.2 Å². The summed E-state index contributed by atoms with van der Waals surface area (Å²) < 4.78 is 54.1. The van der Waals surface area contributed by atoms with Crippen LogP contribution in [0, 0.1) is 4.91 Å². The van der Waals surface area contributed by atoms with Crippen LogP contribution in [0.3, 0.4) is 0 Å². The molecule has 5 rings (SSSR count). The van der Waals surface area contributed by atoms with Crippen molar-refractivity contribution in [2.75, 3.05) is 12.0 Å². The van der Waals surface area contributed by atoms with Crippen molar-refractivity contribution < 1.29 is 27.4 Å². The van der Waals surface area contributed by atoms with Gasteiger partial charge in [-0.3, -0.25) is 0 Å². The largest absolute Gasteiger partial charge is 0.573 e. The average molecular weight is 496 g/mol. The molecule has 0 saturated carbocycles. The molecule has 0 aliphatic carbocycles. The van der Waals surface area contributed by atoms with E-state index in [0.29, 0.717) is 23.6 Å². The van der Waals surface area contributed by atoms with Gasteiger partial charge in [-0.15, -0.1) is 18.1 Å². The number of hydrogen-bond acceptors (Lipinski definition) is 6. The van der Waals surface area contributed by atoms with Crippen LogP contribution in [0.5, 0.6) is 17.2 Å². The first kappa shape index (κ1) is 23.7. The standard InChI is InChI=1S/C27H23F3N2O4/c1-25(2)21-6-4-5-7-22(21)32(16-17-8-10-20(11-9-17)35-27(28,29)30)26(25)13-12-18-14-19(31-33)15-23(34-3)24(18)36-26/h4-15H,16H2,1-3H3. The van der Waals surface area contributed by atoms with Gasteiger partial charge in [0.05, 0.1) is 12.5 Å². The van der Waals surface area contributed by atoms with E-state index < -0.39 is 17.5 Å². The van der Waals surface area contributed by atoms with Crippen LogP contribution in [0.25, 0.3) is 6.08 Å². The Hall–Kier alpha value is -4.01. The molecule has 3 aromatic rings. The van der Waals surface area contributed by atoms with Gasteiger partial charge in [-0.1, -0.05) is 30.3 Å². The molecular formula is C27H23F3N2O4. The van der Waals surface area contributed by atoms with Crippen LogP contribution in [0.15, 0.2) is 71.9 Å². The fraction of sp³-hybridized carbons (Fsp3) is 0.259. The molecule has 0 amide bonds. The maximum Gasteiger partial charge on any atom is 0.573 e. The molecule has 36 heavy (non-hydrogen) atoms. The Morgan fingerprint density at radius 1 is 1.06 bits per heavy atom. The highest BCUT2D eigenvalue weighted by Crippen LogP contribution is 2.56. The second-order valence-corrected chi connectivity index (χ2v) is 9.21. The number of fused-ring (bicyclic) bond motifs is 2. The molecule has 1 unspecified atom stereocenters. The van der Waals surface area contributed by atoms with Crippen LogP contribution in [0.1, 0.15) is 30.5 Å². The Morgan fingerprint density at radius 3 is 2.44 bits per heavy atom. The van der Waals surface area contributed by atoms with E-state index in [4.69, 9.17) is 9.47 Å². The SMILES string of the molecule is COc1cc(N=O)cc2c1OC1(C=C2)N(Cc2ccc(OC(F)(F)F)cc2)c2ccccc2C1(C)C. The first-order valence-electron chi connectivity index (χ1n) is 11.2. The van der Waals surface area contributed by atoms with Crippen molar-refractivity contribution >= 4 is 17.5 Å². The summed E-state index contributed by atoms with van der Waals surface area (Å²) in [4.78, 5) is 13.3. The number of rotatable bonds is 5. The number of para-hydroxylation sites is 1. The molecule has 0 saturated heterocycles. The zero-order valence-corrected chi connectivity index (χ0v) is 19.8. The number of anilines is 1. The minimum Gasteiger partial charge on any atom is -0.493 e. The number of halogens is 3. The smallest absolute Gasteiger partial charge is 0.493 e. The molecule has 0 radical (unpaired) electrons. The fourth-order valence-electron chi connectivity index (χ4n) is 5.05. The number of methoxy groups -OCH3 is 1. The van der Waals surface area contributed by atoms with Crippen LogP contribution in [0.4, 0.5) is 24.5 Å². The normalized spacial score (nSPS) is 19.4. The van der Waals surface area contributed by atoms with Crippen molar-refractivity contribution in [3.05, 3.63) is 88.3 Å². The Bertz CT molecular complexity index is 1350. The molecule has 186 valence electrons. The Morgan fingerprint density at radius 2 is 1.78 bits per heavy atom. The minimum atomic E-state index is -4.75. The van der Waals surface area contributed by atoms with Crippen molar-refractivity contribution in [3.8, 4) is 17.2 Å². The molecule has 3 aromatic carbocycles. The van der Waals surface area contributed by atoms with Gasteiger partial charge in [0.15, 0.2) is 11.5 Å². The Labute approximate surface area is 205 Å². The summed E-state index contributed by atoms with van der Waals surface area (Å²) in [5.74, 6) is 0.577. The van der Waals surface area contributed by atoms with Crippen LogP contribution in [0.2, 0.25) is 0 Å². The maximum absolute atomic E-state index is 12.6. The zero-order chi connectivity index (χ0) is 25.7. The molecule has 0 aromatic heterocycles.